The number of hydrogen-bond acceptors (Lipinski definition) is 7. The zero-order valence-electron chi connectivity index (χ0n) is 21.1. The third-order valence-electron chi connectivity index (χ3n) is 5.40. The van der Waals surface area contributed by atoms with Crippen LogP contribution in [0, 0.1) is 5.92 Å². The molecule has 5 N–H and O–H groups in total. The standard InChI is InChI=1S/C23H42N4O6S/c1-6-17(14-34)21(31)33-23(4,5)12-8-7-11-19(29)26-15(2)20(30)27-18(16(3)28)10-9-13-25-22(24)32/h15,17-18,34H,6-14H2,1-5H3,(H,26,29)(H,27,30)(H3,24,25,32)/t15-,17?,18-/m0/s1. The summed E-state index contributed by atoms with van der Waals surface area (Å²) in [7, 11) is 0. The number of ether oxygens (including phenoxy) is 1. The first-order chi connectivity index (χ1) is 15.8. The lowest BCUT2D eigenvalue weighted by molar-refractivity contribution is -0.161. The van der Waals surface area contributed by atoms with Crippen molar-refractivity contribution in [3.63, 3.8) is 0 Å². The first kappa shape index (κ1) is 31.7. The minimum absolute atomic E-state index is 0.214. The Bertz CT molecular complexity index is 697. The van der Waals surface area contributed by atoms with Gasteiger partial charge >= 0.3 is 12.0 Å². The summed E-state index contributed by atoms with van der Waals surface area (Å²) in [6.45, 7) is 8.82. The molecule has 0 aliphatic rings. The smallest absolute Gasteiger partial charge is 0.312 e. The summed E-state index contributed by atoms with van der Waals surface area (Å²) in [6, 6.07) is -2.16. The van der Waals surface area contributed by atoms with E-state index in [2.05, 4.69) is 28.6 Å². The van der Waals surface area contributed by atoms with E-state index >= 15 is 0 Å². The molecular formula is C23H42N4O6S. The molecule has 0 radical (unpaired) electrons. The fraction of sp³-hybridized carbons (Fsp3) is 0.783. The van der Waals surface area contributed by atoms with Gasteiger partial charge in [-0.15, -0.1) is 0 Å². The van der Waals surface area contributed by atoms with E-state index in [0.717, 1.165) is 0 Å². The molecule has 0 aromatic rings. The van der Waals surface area contributed by atoms with Crippen LogP contribution in [0.5, 0.6) is 0 Å². The molecule has 4 amide bonds. The lowest BCUT2D eigenvalue weighted by Gasteiger charge is -2.27. The summed E-state index contributed by atoms with van der Waals surface area (Å²) < 4.78 is 5.59. The van der Waals surface area contributed by atoms with Gasteiger partial charge in [-0.25, -0.2) is 4.79 Å². The van der Waals surface area contributed by atoms with Crippen LogP contribution in [0.15, 0.2) is 0 Å². The van der Waals surface area contributed by atoms with Crippen LogP contribution in [-0.4, -0.2) is 59.6 Å². The average Bonchev–Trinajstić information content (AvgIpc) is 2.73. The van der Waals surface area contributed by atoms with Crippen LogP contribution in [-0.2, 0) is 23.9 Å². The number of nitrogens with two attached hydrogens (primary N) is 1. The maximum absolute atomic E-state index is 12.4. The molecule has 0 saturated heterocycles. The third kappa shape index (κ3) is 14.1. The Morgan fingerprint density at radius 1 is 1.06 bits per heavy atom. The van der Waals surface area contributed by atoms with E-state index in [1.165, 1.54) is 6.92 Å². The number of nitrogens with one attached hydrogen (secondary N) is 3. The highest BCUT2D eigenvalue weighted by Crippen LogP contribution is 2.21. The minimum atomic E-state index is -0.803. The highest BCUT2D eigenvalue weighted by Gasteiger charge is 2.27. The number of urea groups is 1. The lowest BCUT2D eigenvalue weighted by Crippen LogP contribution is -2.50. The van der Waals surface area contributed by atoms with E-state index in [0.29, 0.717) is 50.8 Å². The highest BCUT2D eigenvalue weighted by atomic mass is 32.1. The normalized spacial score (nSPS) is 13.8. The Morgan fingerprint density at radius 3 is 2.24 bits per heavy atom. The first-order valence-electron chi connectivity index (χ1n) is 11.8. The van der Waals surface area contributed by atoms with Crippen LogP contribution in [0.1, 0.15) is 79.6 Å². The van der Waals surface area contributed by atoms with Crippen molar-refractivity contribution >= 4 is 42.2 Å². The van der Waals surface area contributed by atoms with E-state index in [1.807, 2.05) is 20.8 Å². The molecule has 0 saturated carbocycles. The molecule has 196 valence electrons. The van der Waals surface area contributed by atoms with Gasteiger partial charge in [0.15, 0.2) is 5.78 Å². The largest absolute Gasteiger partial charge is 0.459 e. The van der Waals surface area contributed by atoms with Crippen molar-refractivity contribution in [2.75, 3.05) is 12.3 Å². The second-order valence-electron chi connectivity index (χ2n) is 9.07. The zero-order valence-corrected chi connectivity index (χ0v) is 22.0. The van der Waals surface area contributed by atoms with Gasteiger partial charge in [0.05, 0.1) is 12.0 Å². The van der Waals surface area contributed by atoms with Crippen LogP contribution in [0.2, 0.25) is 0 Å². The van der Waals surface area contributed by atoms with E-state index in [9.17, 15) is 24.0 Å². The number of unbranched alkanes of at least 4 members (excludes halogenated alkanes) is 1. The van der Waals surface area contributed by atoms with Crippen LogP contribution < -0.4 is 21.7 Å². The average molecular weight is 503 g/mol. The van der Waals surface area contributed by atoms with E-state index in [1.54, 1.807) is 6.92 Å². The van der Waals surface area contributed by atoms with Crippen LogP contribution in [0.25, 0.3) is 0 Å². The summed E-state index contributed by atoms with van der Waals surface area (Å²) in [4.78, 5) is 59.2. The molecule has 10 nitrogen and oxygen atoms in total. The van der Waals surface area contributed by atoms with Crippen LogP contribution in [0.4, 0.5) is 4.79 Å². The van der Waals surface area contributed by atoms with Gasteiger partial charge in [0.1, 0.15) is 11.6 Å². The van der Waals surface area contributed by atoms with E-state index in [-0.39, 0.29) is 30.0 Å². The third-order valence-corrected chi connectivity index (χ3v) is 5.84. The van der Waals surface area contributed by atoms with Crippen molar-refractivity contribution in [3.8, 4) is 0 Å². The molecule has 34 heavy (non-hydrogen) atoms. The van der Waals surface area contributed by atoms with Gasteiger partial charge in [0.2, 0.25) is 11.8 Å². The number of carbonyl (C=O) groups is 5. The fourth-order valence-electron chi connectivity index (χ4n) is 3.18. The topological polar surface area (TPSA) is 157 Å². The van der Waals surface area contributed by atoms with Crippen molar-refractivity contribution < 1.29 is 28.7 Å². The second kappa shape index (κ2) is 16.3. The molecule has 0 aromatic carbocycles. The summed E-state index contributed by atoms with van der Waals surface area (Å²) in [5.41, 5.74) is 4.36. The first-order valence-corrected chi connectivity index (χ1v) is 12.4. The molecule has 1 unspecified atom stereocenters. The van der Waals surface area contributed by atoms with Crippen LogP contribution >= 0.6 is 12.6 Å². The van der Waals surface area contributed by atoms with Crippen molar-refractivity contribution in [3.05, 3.63) is 0 Å². The maximum atomic E-state index is 12.4. The highest BCUT2D eigenvalue weighted by molar-refractivity contribution is 7.80. The van der Waals surface area contributed by atoms with Crippen molar-refractivity contribution in [1.82, 2.24) is 16.0 Å². The number of esters is 1. The molecular weight excluding hydrogens is 460 g/mol. The summed E-state index contributed by atoms with van der Waals surface area (Å²) in [5, 5.41) is 7.69. The number of Topliss-reactive ketones (excluding diaryl/α,β-unsaturated/α-hetero) is 1. The summed E-state index contributed by atoms with van der Waals surface area (Å²) >= 11 is 4.18. The van der Waals surface area contributed by atoms with Crippen LogP contribution in [0.3, 0.4) is 0 Å². The fourth-order valence-corrected chi connectivity index (χ4v) is 3.59. The van der Waals surface area contributed by atoms with E-state index < -0.39 is 29.6 Å². The number of carbonyl (C=O) groups excluding carboxylic acids is 5. The van der Waals surface area contributed by atoms with Gasteiger partial charge in [-0.05, 0) is 66.2 Å². The Hall–Kier alpha value is -2.30. The number of rotatable bonds is 17. The molecule has 0 aliphatic carbocycles. The van der Waals surface area contributed by atoms with Crippen molar-refractivity contribution in [2.24, 2.45) is 11.7 Å². The molecule has 0 aliphatic heterocycles. The Morgan fingerprint density at radius 2 is 1.71 bits per heavy atom. The van der Waals surface area contributed by atoms with Crippen molar-refractivity contribution in [1.29, 1.82) is 0 Å². The maximum Gasteiger partial charge on any atom is 0.312 e. The van der Waals surface area contributed by atoms with Gasteiger partial charge in [-0.2, -0.15) is 12.6 Å². The molecule has 0 bridgehead atoms. The van der Waals surface area contributed by atoms with Gasteiger partial charge in [0.25, 0.3) is 0 Å². The van der Waals surface area contributed by atoms with Gasteiger partial charge in [-0.1, -0.05) is 6.92 Å². The molecule has 0 fully saturated rings. The Balaban J connectivity index is 4.37. The number of thiol groups is 1. The predicted molar refractivity (Wildman–Crippen MR) is 133 cm³/mol. The Labute approximate surface area is 208 Å². The number of hydrogen-bond donors (Lipinski definition) is 5. The Kier molecular flexibility index (Phi) is 15.2. The number of amides is 4. The molecule has 0 rings (SSSR count). The minimum Gasteiger partial charge on any atom is -0.459 e. The summed E-state index contributed by atoms with van der Waals surface area (Å²) in [6.07, 6.45) is 3.57. The van der Waals surface area contributed by atoms with E-state index in [4.69, 9.17) is 10.5 Å². The molecule has 11 heteroatoms. The lowest BCUT2D eigenvalue weighted by atomic mass is 9.99. The second-order valence-corrected chi connectivity index (χ2v) is 9.44. The summed E-state index contributed by atoms with van der Waals surface area (Å²) in [5.74, 6) is -0.989. The number of ketones is 1. The molecule has 0 spiro atoms. The van der Waals surface area contributed by atoms with Gasteiger partial charge < -0.3 is 26.4 Å². The van der Waals surface area contributed by atoms with Crippen molar-refractivity contribution in [2.45, 2.75) is 97.2 Å². The molecule has 3 atom stereocenters. The van der Waals surface area contributed by atoms with Gasteiger partial charge in [-0.3, -0.25) is 19.2 Å². The molecule has 0 heterocycles. The SMILES string of the molecule is CCC(CS)C(=O)OC(C)(C)CCCCC(=O)N[C@@H](C)C(=O)N[C@@H](CCCNC(N)=O)C(C)=O. The number of primary amides is 1. The van der Waals surface area contributed by atoms with Gasteiger partial charge in [0, 0.05) is 18.7 Å². The quantitative estimate of drug-likeness (QED) is 0.116. The molecule has 0 aromatic heterocycles. The predicted octanol–water partition coefficient (Wildman–Crippen LogP) is 1.85. The monoisotopic (exact) mass is 502 g/mol. The zero-order chi connectivity index (χ0) is 26.3.